The molecule has 4 nitrogen and oxygen atoms in total. The molecule has 1 N–H and O–H groups in total. The number of hydrogen-bond acceptors (Lipinski definition) is 3. The highest BCUT2D eigenvalue weighted by Gasteiger charge is 2.09. The Labute approximate surface area is 177 Å². The molecule has 7 heteroatoms. The van der Waals surface area contributed by atoms with E-state index in [4.69, 9.17) is 39.5 Å². The maximum Gasteiger partial charge on any atom is 0.272 e. The predicted molar refractivity (Wildman–Crippen MR) is 114 cm³/mol. The summed E-state index contributed by atoms with van der Waals surface area (Å²) in [5, 5.41) is 5.37. The molecule has 0 heterocycles. The van der Waals surface area contributed by atoms with Gasteiger partial charge in [-0.1, -0.05) is 59.1 Å². The number of hydrazone groups is 1. The second-order valence-electron chi connectivity index (χ2n) is 5.81. The third-order valence-electron chi connectivity index (χ3n) is 3.73. The summed E-state index contributed by atoms with van der Waals surface area (Å²) >= 11 is 17.7. The lowest BCUT2D eigenvalue weighted by molar-refractivity contribution is 0.0955. The Hall–Kier alpha value is -2.53. The average Bonchev–Trinajstić information content (AvgIpc) is 2.68. The van der Waals surface area contributed by atoms with Crippen molar-refractivity contribution in [1.82, 2.24) is 5.43 Å². The van der Waals surface area contributed by atoms with E-state index in [9.17, 15) is 4.79 Å². The molecule has 0 aliphatic carbocycles. The lowest BCUT2D eigenvalue weighted by atomic mass is 10.2. The van der Waals surface area contributed by atoms with Crippen molar-refractivity contribution in [2.45, 2.75) is 6.61 Å². The second-order valence-corrected chi connectivity index (χ2v) is 7.09. The lowest BCUT2D eigenvalue weighted by Gasteiger charge is -2.07. The van der Waals surface area contributed by atoms with Crippen LogP contribution in [0.4, 0.5) is 0 Å². The van der Waals surface area contributed by atoms with E-state index in [1.54, 1.807) is 12.1 Å². The molecule has 3 rings (SSSR count). The molecule has 0 radical (unpaired) electrons. The van der Waals surface area contributed by atoms with Crippen LogP contribution in [0.2, 0.25) is 15.1 Å². The molecule has 0 unspecified atom stereocenters. The second kappa shape index (κ2) is 9.60. The number of nitrogens with zero attached hydrogens (tertiary/aromatic N) is 1. The van der Waals surface area contributed by atoms with Gasteiger partial charge in [0.25, 0.3) is 5.91 Å². The van der Waals surface area contributed by atoms with Crippen molar-refractivity contribution in [1.29, 1.82) is 0 Å². The van der Waals surface area contributed by atoms with Gasteiger partial charge in [-0.2, -0.15) is 5.10 Å². The van der Waals surface area contributed by atoms with Gasteiger partial charge in [-0.3, -0.25) is 4.79 Å². The maximum absolute atomic E-state index is 12.1. The first kappa shape index (κ1) is 20.2. The van der Waals surface area contributed by atoms with Crippen LogP contribution in [-0.4, -0.2) is 12.1 Å². The summed E-state index contributed by atoms with van der Waals surface area (Å²) in [5.41, 5.74) is 4.52. The molecule has 0 spiro atoms. The minimum atomic E-state index is -0.423. The van der Waals surface area contributed by atoms with Crippen molar-refractivity contribution in [2.24, 2.45) is 5.10 Å². The van der Waals surface area contributed by atoms with E-state index in [0.717, 1.165) is 11.1 Å². The zero-order valence-corrected chi connectivity index (χ0v) is 16.8. The van der Waals surface area contributed by atoms with Gasteiger partial charge in [0, 0.05) is 10.0 Å². The standard InChI is InChI=1S/C21H15Cl3N2O2/c22-16-6-4-14(5-7-16)13-28-18-3-1-2-15(10-18)12-25-26-21(27)19-9-8-17(23)11-20(19)24/h1-12H,13H2,(H,26,27)/b25-12+. The number of hydrogen-bond donors (Lipinski definition) is 1. The Morgan fingerprint density at radius 1 is 0.964 bits per heavy atom. The first-order chi connectivity index (χ1) is 13.5. The van der Waals surface area contributed by atoms with Gasteiger partial charge in [-0.25, -0.2) is 5.43 Å². The van der Waals surface area contributed by atoms with Gasteiger partial charge in [-0.05, 0) is 53.6 Å². The SMILES string of the molecule is O=C(N/N=C/c1cccc(OCc2ccc(Cl)cc2)c1)c1ccc(Cl)cc1Cl. The van der Waals surface area contributed by atoms with Crippen LogP contribution in [0.15, 0.2) is 71.8 Å². The molecule has 0 aliphatic rings. The monoisotopic (exact) mass is 432 g/mol. The Morgan fingerprint density at radius 2 is 1.71 bits per heavy atom. The Bertz CT molecular complexity index is 1000. The fraction of sp³-hybridized carbons (Fsp3) is 0.0476. The largest absolute Gasteiger partial charge is 0.489 e. The molecular weight excluding hydrogens is 419 g/mol. The zero-order chi connectivity index (χ0) is 19.9. The molecule has 0 fully saturated rings. The van der Waals surface area contributed by atoms with Gasteiger partial charge in [0.2, 0.25) is 0 Å². The summed E-state index contributed by atoms with van der Waals surface area (Å²) in [5.74, 6) is 0.263. The number of ether oxygens (including phenoxy) is 1. The van der Waals surface area contributed by atoms with Crippen molar-refractivity contribution in [3.05, 3.63) is 98.5 Å². The number of nitrogens with one attached hydrogen (secondary N) is 1. The molecule has 28 heavy (non-hydrogen) atoms. The predicted octanol–water partition coefficient (Wildman–Crippen LogP) is 5.99. The first-order valence-corrected chi connectivity index (χ1v) is 9.40. The van der Waals surface area contributed by atoms with Crippen molar-refractivity contribution in [3.8, 4) is 5.75 Å². The van der Waals surface area contributed by atoms with Crippen LogP contribution < -0.4 is 10.2 Å². The van der Waals surface area contributed by atoms with Crippen LogP contribution in [-0.2, 0) is 6.61 Å². The Balaban J connectivity index is 1.59. The van der Waals surface area contributed by atoms with Crippen LogP contribution in [0.5, 0.6) is 5.75 Å². The summed E-state index contributed by atoms with van der Waals surface area (Å²) in [4.78, 5) is 12.1. The van der Waals surface area contributed by atoms with Crippen molar-refractivity contribution >= 4 is 46.9 Å². The van der Waals surface area contributed by atoms with Gasteiger partial charge in [0.1, 0.15) is 12.4 Å². The van der Waals surface area contributed by atoms with Crippen molar-refractivity contribution in [3.63, 3.8) is 0 Å². The van der Waals surface area contributed by atoms with Gasteiger partial charge in [0.05, 0.1) is 16.8 Å². The maximum atomic E-state index is 12.1. The fourth-order valence-corrected chi connectivity index (χ4v) is 2.95. The van der Waals surface area contributed by atoms with Crippen LogP contribution in [0.3, 0.4) is 0 Å². The molecular formula is C21H15Cl3N2O2. The fourth-order valence-electron chi connectivity index (χ4n) is 2.33. The molecule has 3 aromatic carbocycles. The third-order valence-corrected chi connectivity index (χ3v) is 4.53. The van der Waals surface area contributed by atoms with Gasteiger partial charge in [-0.15, -0.1) is 0 Å². The summed E-state index contributed by atoms with van der Waals surface area (Å²) in [6.45, 7) is 0.420. The summed E-state index contributed by atoms with van der Waals surface area (Å²) in [6.07, 6.45) is 1.52. The highest BCUT2D eigenvalue weighted by molar-refractivity contribution is 6.36. The molecule has 0 saturated carbocycles. The van der Waals surface area contributed by atoms with E-state index in [1.165, 1.54) is 12.3 Å². The van der Waals surface area contributed by atoms with E-state index >= 15 is 0 Å². The molecule has 142 valence electrons. The normalized spacial score (nSPS) is 10.8. The van der Waals surface area contributed by atoms with Gasteiger partial charge in [0.15, 0.2) is 0 Å². The molecule has 0 saturated heterocycles. The first-order valence-electron chi connectivity index (χ1n) is 8.27. The summed E-state index contributed by atoms with van der Waals surface area (Å²) in [7, 11) is 0. The number of amides is 1. The molecule has 0 bridgehead atoms. The minimum absolute atomic E-state index is 0.262. The lowest BCUT2D eigenvalue weighted by Crippen LogP contribution is -2.18. The zero-order valence-electron chi connectivity index (χ0n) is 14.5. The Morgan fingerprint density at radius 3 is 2.46 bits per heavy atom. The minimum Gasteiger partial charge on any atom is -0.489 e. The molecule has 0 aliphatic heterocycles. The average molecular weight is 434 g/mol. The van der Waals surface area contributed by atoms with E-state index < -0.39 is 5.91 Å². The van der Waals surface area contributed by atoms with Gasteiger partial charge < -0.3 is 4.74 Å². The highest BCUT2D eigenvalue weighted by atomic mass is 35.5. The van der Waals surface area contributed by atoms with Crippen LogP contribution in [0.1, 0.15) is 21.5 Å². The smallest absolute Gasteiger partial charge is 0.272 e. The summed E-state index contributed by atoms with van der Waals surface area (Å²) in [6, 6.07) is 19.4. The van der Waals surface area contributed by atoms with Crippen LogP contribution >= 0.6 is 34.8 Å². The molecule has 1 amide bonds. The number of carbonyl (C=O) groups is 1. The van der Waals surface area contributed by atoms with Crippen LogP contribution in [0, 0.1) is 0 Å². The quantitative estimate of drug-likeness (QED) is 0.383. The van der Waals surface area contributed by atoms with Crippen molar-refractivity contribution in [2.75, 3.05) is 0 Å². The number of carbonyl (C=O) groups excluding carboxylic acids is 1. The number of benzene rings is 3. The molecule has 3 aromatic rings. The van der Waals surface area contributed by atoms with Crippen molar-refractivity contribution < 1.29 is 9.53 Å². The topological polar surface area (TPSA) is 50.7 Å². The summed E-state index contributed by atoms with van der Waals surface area (Å²) < 4.78 is 5.77. The van der Waals surface area contributed by atoms with Gasteiger partial charge >= 0.3 is 0 Å². The van der Waals surface area contributed by atoms with E-state index in [1.807, 2.05) is 48.5 Å². The van der Waals surface area contributed by atoms with E-state index in [0.29, 0.717) is 28.0 Å². The van der Waals surface area contributed by atoms with E-state index in [2.05, 4.69) is 10.5 Å². The third kappa shape index (κ3) is 5.73. The number of halogens is 3. The van der Waals surface area contributed by atoms with Crippen LogP contribution in [0.25, 0.3) is 0 Å². The van der Waals surface area contributed by atoms with E-state index in [-0.39, 0.29) is 5.02 Å². The number of rotatable bonds is 6. The Kier molecular flexibility index (Phi) is 6.93. The molecule has 0 atom stereocenters. The molecule has 0 aromatic heterocycles. The highest BCUT2D eigenvalue weighted by Crippen LogP contribution is 2.21.